The van der Waals surface area contributed by atoms with Crippen molar-refractivity contribution in [3.63, 3.8) is 0 Å². The number of fused-ring (bicyclic) bond motifs is 3. The molecule has 0 bridgehead atoms. The van der Waals surface area contributed by atoms with Crippen LogP contribution in [0.3, 0.4) is 0 Å². The molecule has 0 radical (unpaired) electrons. The van der Waals surface area contributed by atoms with E-state index in [9.17, 15) is 14.4 Å². The van der Waals surface area contributed by atoms with Gasteiger partial charge in [-0.25, -0.2) is 9.98 Å². The van der Waals surface area contributed by atoms with Crippen LogP contribution in [0.2, 0.25) is 0 Å². The molecule has 0 unspecified atom stereocenters. The highest BCUT2D eigenvalue weighted by molar-refractivity contribution is 8.18. The monoisotopic (exact) mass is 796 g/mol. The number of benzene rings is 5. The molecule has 1 N–H and O–H groups in total. The van der Waals surface area contributed by atoms with Crippen LogP contribution in [-0.2, 0) is 24.1 Å². The lowest BCUT2D eigenvalue weighted by molar-refractivity contribution is -0.123. The summed E-state index contributed by atoms with van der Waals surface area (Å²) in [5, 5.41) is 5.07. The number of thioether (sulfide) groups is 3. The summed E-state index contributed by atoms with van der Waals surface area (Å²) in [4.78, 5) is 49.3. The quantitative estimate of drug-likeness (QED) is 0.107. The fourth-order valence-electron chi connectivity index (χ4n) is 6.16. The van der Waals surface area contributed by atoms with Gasteiger partial charge in [0.05, 0.1) is 31.4 Å². The number of anilines is 1. The summed E-state index contributed by atoms with van der Waals surface area (Å²) < 4.78 is 0. The zero-order valence-electron chi connectivity index (χ0n) is 30.1. The molecule has 0 saturated carbocycles. The van der Waals surface area contributed by atoms with Gasteiger partial charge in [-0.15, -0.1) is 0 Å². The Morgan fingerprint density at radius 2 is 1.25 bits per heavy atom. The maximum atomic E-state index is 12.4. The number of para-hydroxylation sites is 3. The summed E-state index contributed by atoms with van der Waals surface area (Å²) in [6, 6.07) is 40.0. The minimum atomic E-state index is -0.214. The number of hydrogen-bond acceptors (Lipinski definition) is 9. The number of amides is 2. The molecule has 55 heavy (non-hydrogen) atoms. The highest BCUT2D eigenvalue weighted by Crippen LogP contribution is 2.36. The van der Waals surface area contributed by atoms with Gasteiger partial charge in [0.25, 0.3) is 11.1 Å². The van der Waals surface area contributed by atoms with E-state index in [0.717, 1.165) is 79.1 Å². The first-order valence-corrected chi connectivity index (χ1v) is 20.5. The molecular formula is C44H36N4O3S4. The summed E-state index contributed by atoms with van der Waals surface area (Å²) in [6.45, 7) is 3.69. The molecule has 5 aromatic rings. The lowest BCUT2D eigenvalue weighted by atomic mass is 10.2. The third-order valence-corrected chi connectivity index (χ3v) is 11.8. The van der Waals surface area contributed by atoms with Gasteiger partial charge in [-0.3, -0.25) is 19.3 Å². The standard InChI is InChI=1S/C21H18N2O2S2.C15H11NOS.C8H7NS/c1-13(2)23-20(24)18(27-21(23)25)11-14-6-5-8-16(10-14)26-19-12-15-7-3-4-9-17(15)22-19;17-10-11-4-3-6-13(8-11)18-15-9-12-5-1-2-7-14(12)16-15;10-8-5-6-3-1-2-4-7(6)9-8/h3-11,13H,12H2,1-2H3;1-8,10H,9H2;1-4H,5H2,(H,9,10)/b18-11-;;. The zero-order chi connectivity index (χ0) is 38.3. The van der Waals surface area contributed by atoms with Gasteiger partial charge in [0.2, 0.25) is 0 Å². The van der Waals surface area contributed by atoms with Crippen molar-refractivity contribution in [3.05, 3.63) is 154 Å². The molecule has 4 aliphatic heterocycles. The minimum absolute atomic E-state index is 0.132. The van der Waals surface area contributed by atoms with Crippen LogP contribution in [0.1, 0.15) is 46.5 Å². The number of aldehydes is 1. The van der Waals surface area contributed by atoms with Crippen LogP contribution in [0.4, 0.5) is 21.9 Å². The Labute approximate surface area is 338 Å². The van der Waals surface area contributed by atoms with Gasteiger partial charge >= 0.3 is 0 Å². The molecule has 0 aromatic heterocycles. The van der Waals surface area contributed by atoms with Gasteiger partial charge in [0, 0.05) is 46.3 Å². The second-order valence-corrected chi connectivity index (χ2v) is 16.9. The SMILES string of the molecule is CC(C)N1C(=O)S/C(=C\c2cccc(SC3=Nc4ccccc4C3)c2)C1=O.O=Cc1cccc(SC2=Nc3ccccc3C2)c1.S=C1Cc2ccccc2N1. The van der Waals surface area contributed by atoms with E-state index in [-0.39, 0.29) is 17.2 Å². The average molecular weight is 797 g/mol. The van der Waals surface area contributed by atoms with Gasteiger partial charge in [-0.2, -0.15) is 0 Å². The van der Waals surface area contributed by atoms with Crippen molar-refractivity contribution in [2.75, 3.05) is 5.32 Å². The predicted octanol–water partition coefficient (Wildman–Crippen LogP) is 11.4. The van der Waals surface area contributed by atoms with Crippen LogP contribution >= 0.6 is 47.5 Å². The molecule has 1 saturated heterocycles. The summed E-state index contributed by atoms with van der Waals surface area (Å²) >= 11 is 9.28. The summed E-state index contributed by atoms with van der Waals surface area (Å²) in [5.74, 6) is -0.214. The Bertz CT molecular complexity index is 2380. The third-order valence-electron chi connectivity index (χ3n) is 8.76. The van der Waals surface area contributed by atoms with Crippen LogP contribution in [0, 0.1) is 0 Å². The van der Waals surface area contributed by atoms with Gasteiger partial charge in [0.1, 0.15) is 6.29 Å². The van der Waals surface area contributed by atoms with Gasteiger partial charge in [-0.1, -0.05) is 115 Å². The predicted molar refractivity (Wildman–Crippen MR) is 234 cm³/mol. The van der Waals surface area contributed by atoms with Crippen molar-refractivity contribution in [2.24, 2.45) is 9.98 Å². The fourth-order valence-corrected chi connectivity index (χ4v) is 9.36. The first-order valence-electron chi connectivity index (χ1n) is 17.7. The summed E-state index contributed by atoms with van der Waals surface area (Å²) in [5.41, 5.74) is 8.72. The molecule has 4 aliphatic rings. The van der Waals surface area contributed by atoms with Crippen molar-refractivity contribution >= 4 is 103 Å². The highest BCUT2D eigenvalue weighted by Gasteiger charge is 2.36. The molecule has 9 rings (SSSR count). The lowest BCUT2D eigenvalue weighted by Gasteiger charge is -2.16. The maximum Gasteiger partial charge on any atom is 0.293 e. The van der Waals surface area contributed by atoms with Crippen LogP contribution in [0.15, 0.2) is 146 Å². The number of aliphatic imine (C=N–C) groups is 2. The molecule has 5 aromatic carbocycles. The minimum Gasteiger partial charge on any atom is -0.350 e. The summed E-state index contributed by atoms with van der Waals surface area (Å²) in [7, 11) is 0. The van der Waals surface area contributed by atoms with Crippen LogP contribution in [-0.4, -0.2) is 43.5 Å². The highest BCUT2D eigenvalue weighted by atomic mass is 32.2. The van der Waals surface area contributed by atoms with E-state index in [1.807, 2.05) is 111 Å². The molecule has 11 heteroatoms. The number of rotatable bonds is 5. The van der Waals surface area contributed by atoms with E-state index in [0.29, 0.717) is 10.5 Å². The second-order valence-electron chi connectivity index (χ2n) is 13.1. The number of nitrogens with one attached hydrogen (secondary N) is 1. The second kappa shape index (κ2) is 17.6. The van der Waals surface area contributed by atoms with E-state index in [1.165, 1.54) is 27.3 Å². The van der Waals surface area contributed by atoms with Crippen molar-refractivity contribution in [1.29, 1.82) is 0 Å². The Kier molecular flexibility index (Phi) is 12.2. The first-order chi connectivity index (χ1) is 26.7. The molecule has 0 atom stereocenters. The van der Waals surface area contributed by atoms with Gasteiger partial charge in [-0.05, 0) is 96.4 Å². The Morgan fingerprint density at radius 1 is 0.709 bits per heavy atom. The summed E-state index contributed by atoms with van der Waals surface area (Å²) in [6.07, 6.45) is 5.30. The lowest BCUT2D eigenvalue weighted by Crippen LogP contribution is -2.34. The number of imide groups is 1. The van der Waals surface area contributed by atoms with Gasteiger partial charge in [0.15, 0.2) is 0 Å². The first kappa shape index (κ1) is 38.2. The normalized spacial score (nSPS) is 15.7. The van der Waals surface area contributed by atoms with Crippen LogP contribution < -0.4 is 5.32 Å². The molecule has 4 heterocycles. The van der Waals surface area contributed by atoms with E-state index >= 15 is 0 Å². The Balaban J connectivity index is 0.000000142. The number of thiocarbonyl (C=S) groups is 1. The van der Waals surface area contributed by atoms with Crippen LogP contribution in [0.5, 0.6) is 0 Å². The molecule has 1 fully saturated rings. The van der Waals surface area contributed by atoms with Gasteiger partial charge < -0.3 is 5.32 Å². The molecule has 274 valence electrons. The number of carbonyl (C=O) groups excluding carboxylic acids is 3. The molecule has 0 aliphatic carbocycles. The number of carbonyl (C=O) groups is 3. The molecule has 0 spiro atoms. The Morgan fingerprint density at radius 3 is 1.80 bits per heavy atom. The number of nitrogens with zero attached hydrogens (tertiary/aromatic N) is 3. The third kappa shape index (κ3) is 9.60. The molecule has 2 amide bonds. The molecule has 7 nitrogen and oxygen atoms in total. The number of hydrogen-bond donors (Lipinski definition) is 1. The fraction of sp³-hybridized carbons (Fsp3) is 0.136. The molecular weight excluding hydrogens is 761 g/mol. The van der Waals surface area contributed by atoms with Crippen LogP contribution in [0.25, 0.3) is 6.08 Å². The topological polar surface area (TPSA) is 91.2 Å². The van der Waals surface area contributed by atoms with Crippen molar-refractivity contribution < 1.29 is 14.4 Å². The maximum absolute atomic E-state index is 12.4. The Hall–Kier alpha value is -5.07. The largest absolute Gasteiger partial charge is 0.350 e. The van der Waals surface area contributed by atoms with E-state index in [1.54, 1.807) is 29.6 Å². The zero-order valence-corrected chi connectivity index (χ0v) is 33.4. The van der Waals surface area contributed by atoms with E-state index in [4.69, 9.17) is 12.2 Å². The smallest absolute Gasteiger partial charge is 0.293 e. The van der Waals surface area contributed by atoms with Crippen molar-refractivity contribution in [1.82, 2.24) is 4.90 Å². The van der Waals surface area contributed by atoms with E-state index in [2.05, 4.69) is 39.6 Å². The average Bonchev–Trinajstić information content (AvgIpc) is 3.95. The van der Waals surface area contributed by atoms with Crippen molar-refractivity contribution in [2.45, 2.75) is 48.9 Å². The van der Waals surface area contributed by atoms with Crippen molar-refractivity contribution in [3.8, 4) is 0 Å². The van der Waals surface area contributed by atoms with E-state index < -0.39 is 0 Å².